The van der Waals surface area contributed by atoms with E-state index in [4.69, 9.17) is 0 Å². The van der Waals surface area contributed by atoms with Crippen molar-refractivity contribution in [3.63, 3.8) is 0 Å². The zero-order chi connectivity index (χ0) is 17.5. The quantitative estimate of drug-likeness (QED) is 0.800. The van der Waals surface area contributed by atoms with Gasteiger partial charge >= 0.3 is 6.03 Å². The van der Waals surface area contributed by atoms with Crippen LogP contribution in [0.2, 0.25) is 0 Å². The molecule has 0 bridgehead atoms. The molecular weight excluding hydrogens is 322 g/mol. The molecule has 24 heavy (non-hydrogen) atoms. The maximum Gasteiger partial charge on any atom is 0.321 e. The molecule has 128 valence electrons. The molecule has 1 aromatic heterocycles. The van der Waals surface area contributed by atoms with E-state index in [-0.39, 0.29) is 18.0 Å². The molecular formula is C18H23N3O2S. The fraction of sp³-hybridized carbons (Fsp3) is 0.333. The van der Waals surface area contributed by atoms with Crippen molar-refractivity contribution in [2.75, 3.05) is 17.7 Å². The second-order valence-corrected chi connectivity index (χ2v) is 6.64. The zero-order valence-electron chi connectivity index (χ0n) is 14.2. The minimum Gasteiger partial charge on any atom is -0.325 e. The van der Waals surface area contributed by atoms with Gasteiger partial charge in [0.15, 0.2) is 0 Å². The summed E-state index contributed by atoms with van der Waals surface area (Å²) in [6, 6.07) is 10.8. The highest BCUT2D eigenvalue weighted by molar-refractivity contribution is 7.12. The van der Waals surface area contributed by atoms with Gasteiger partial charge in [-0.2, -0.15) is 0 Å². The van der Waals surface area contributed by atoms with E-state index in [1.807, 2.05) is 18.4 Å². The average Bonchev–Trinajstić information content (AvgIpc) is 3.09. The lowest BCUT2D eigenvalue weighted by Crippen LogP contribution is -2.38. The molecule has 5 nitrogen and oxygen atoms in total. The van der Waals surface area contributed by atoms with Crippen LogP contribution in [0.1, 0.15) is 36.4 Å². The largest absolute Gasteiger partial charge is 0.325 e. The summed E-state index contributed by atoms with van der Waals surface area (Å²) in [7, 11) is 1.79. The van der Waals surface area contributed by atoms with Crippen molar-refractivity contribution in [3.05, 3.63) is 46.7 Å². The molecule has 0 saturated heterocycles. The van der Waals surface area contributed by atoms with E-state index >= 15 is 0 Å². The van der Waals surface area contributed by atoms with Crippen molar-refractivity contribution < 1.29 is 9.59 Å². The third kappa shape index (κ3) is 4.83. The number of amides is 3. The van der Waals surface area contributed by atoms with Crippen molar-refractivity contribution >= 4 is 34.6 Å². The summed E-state index contributed by atoms with van der Waals surface area (Å²) >= 11 is 1.39. The third-order valence-corrected chi connectivity index (χ3v) is 4.67. The minimum atomic E-state index is -0.155. The molecule has 0 aliphatic carbocycles. The maximum absolute atomic E-state index is 12.3. The van der Waals surface area contributed by atoms with Crippen LogP contribution in [-0.2, 0) is 0 Å². The number of carbonyl (C=O) groups is 2. The molecule has 0 aliphatic heterocycles. The molecule has 2 N–H and O–H groups in total. The fourth-order valence-electron chi connectivity index (χ4n) is 2.30. The molecule has 0 radical (unpaired) electrons. The van der Waals surface area contributed by atoms with Crippen molar-refractivity contribution in [1.29, 1.82) is 0 Å². The Balaban J connectivity index is 1.99. The van der Waals surface area contributed by atoms with Crippen molar-refractivity contribution in [2.45, 2.75) is 32.7 Å². The number of hydrogen-bond acceptors (Lipinski definition) is 3. The Kier molecular flexibility index (Phi) is 6.37. The number of carbonyl (C=O) groups excluding carboxylic acids is 2. The number of benzene rings is 1. The van der Waals surface area contributed by atoms with Gasteiger partial charge in [0, 0.05) is 24.5 Å². The molecule has 2 rings (SSSR count). The second kappa shape index (κ2) is 8.49. The lowest BCUT2D eigenvalue weighted by atomic mass is 10.2. The molecule has 0 aliphatic rings. The Morgan fingerprint density at radius 2 is 1.88 bits per heavy atom. The zero-order valence-corrected chi connectivity index (χ0v) is 15.0. The number of nitrogens with one attached hydrogen (secondary N) is 2. The summed E-state index contributed by atoms with van der Waals surface area (Å²) in [5.74, 6) is -0.151. The Labute approximate surface area is 146 Å². The molecule has 0 saturated carbocycles. The average molecular weight is 345 g/mol. The highest BCUT2D eigenvalue weighted by Crippen LogP contribution is 2.18. The fourth-order valence-corrected chi connectivity index (χ4v) is 2.92. The topological polar surface area (TPSA) is 61.4 Å². The van der Waals surface area contributed by atoms with Gasteiger partial charge in [-0.25, -0.2) is 4.79 Å². The molecule has 1 aromatic carbocycles. The first kappa shape index (κ1) is 18.0. The Bertz CT molecular complexity index is 685. The summed E-state index contributed by atoms with van der Waals surface area (Å²) < 4.78 is 0. The van der Waals surface area contributed by atoms with E-state index in [0.717, 1.165) is 12.8 Å². The normalized spacial score (nSPS) is 11.6. The summed E-state index contributed by atoms with van der Waals surface area (Å²) in [6.07, 6.45) is 1.99. The lowest BCUT2D eigenvalue weighted by Gasteiger charge is -2.25. The van der Waals surface area contributed by atoms with Gasteiger partial charge < -0.3 is 15.5 Å². The number of anilines is 2. The van der Waals surface area contributed by atoms with Gasteiger partial charge in [0.25, 0.3) is 5.91 Å². The monoisotopic (exact) mass is 345 g/mol. The van der Waals surface area contributed by atoms with Crippen LogP contribution in [0.3, 0.4) is 0 Å². The van der Waals surface area contributed by atoms with Gasteiger partial charge in [0.1, 0.15) is 0 Å². The minimum absolute atomic E-state index is 0.151. The van der Waals surface area contributed by atoms with Crippen LogP contribution in [0.15, 0.2) is 41.8 Å². The van der Waals surface area contributed by atoms with Gasteiger partial charge in [-0.05, 0) is 43.0 Å². The van der Waals surface area contributed by atoms with E-state index in [0.29, 0.717) is 16.3 Å². The first-order valence-electron chi connectivity index (χ1n) is 8.00. The van der Waals surface area contributed by atoms with Gasteiger partial charge in [-0.15, -0.1) is 11.3 Å². The van der Waals surface area contributed by atoms with Gasteiger partial charge in [-0.1, -0.05) is 25.5 Å². The van der Waals surface area contributed by atoms with Gasteiger partial charge in [-0.3, -0.25) is 4.79 Å². The summed E-state index contributed by atoms with van der Waals surface area (Å²) in [5, 5.41) is 7.56. The van der Waals surface area contributed by atoms with E-state index < -0.39 is 0 Å². The van der Waals surface area contributed by atoms with Crippen LogP contribution in [0.4, 0.5) is 16.2 Å². The molecule has 0 spiro atoms. The smallest absolute Gasteiger partial charge is 0.321 e. The predicted octanol–water partition coefficient (Wildman–Crippen LogP) is 4.65. The highest BCUT2D eigenvalue weighted by Gasteiger charge is 2.15. The van der Waals surface area contributed by atoms with Crippen LogP contribution in [0.5, 0.6) is 0 Å². The number of thiophene rings is 1. The van der Waals surface area contributed by atoms with Crippen LogP contribution < -0.4 is 10.6 Å². The summed E-state index contributed by atoms with van der Waals surface area (Å²) in [6.45, 7) is 4.13. The standard InChI is InChI=1S/C18H23N3O2S/c1-4-7-13(2)21(3)18(23)20-15-9-5-8-14(12-15)19-17(22)16-10-6-11-24-16/h5-6,8-13H,4,7H2,1-3H3,(H,19,22)(H,20,23)/t13-/m1/s1. The third-order valence-electron chi connectivity index (χ3n) is 3.80. The van der Waals surface area contributed by atoms with E-state index in [2.05, 4.69) is 17.6 Å². The van der Waals surface area contributed by atoms with Crippen LogP contribution in [-0.4, -0.2) is 29.9 Å². The molecule has 0 fully saturated rings. The van der Waals surface area contributed by atoms with Crippen LogP contribution >= 0.6 is 11.3 Å². The van der Waals surface area contributed by atoms with Crippen molar-refractivity contribution in [2.24, 2.45) is 0 Å². The molecule has 0 unspecified atom stereocenters. The second-order valence-electron chi connectivity index (χ2n) is 5.69. The lowest BCUT2D eigenvalue weighted by molar-refractivity contribution is 0.103. The molecule has 2 aromatic rings. The SMILES string of the molecule is CCC[C@@H](C)N(C)C(=O)Nc1cccc(NC(=O)c2cccs2)c1. The van der Waals surface area contributed by atoms with Crippen LogP contribution in [0, 0.1) is 0 Å². The Morgan fingerprint density at radius 1 is 1.17 bits per heavy atom. The number of nitrogens with zero attached hydrogens (tertiary/aromatic N) is 1. The van der Waals surface area contributed by atoms with E-state index in [9.17, 15) is 9.59 Å². The highest BCUT2D eigenvalue weighted by atomic mass is 32.1. The number of urea groups is 1. The Hall–Kier alpha value is -2.34. The number of rotatable bonds is 6. The maximum atomic E-state index is 12.3. The van der Waals surface area contributed by atoms with E-state index in [1.54, 1.807) is 42.3 Å². The molecule has 3 amide bonds. The first-order chi connectivity index (χ1) is 11.5. The Morgan fingerprint density at radius 3 is 2.50 bits per heavy atom. The number of hydrogen-bond donors (Lipinski definition) is 2. The van der Waals surface area contributed by atoms with E-state index in [1.165, 1.54) is 11.3 Å². The van der Waals surface area contributed by atoms with Gasteiger partial charge in [0.05, 0.1) is 4.88 Å². The van der Waals surface area contributed by atoms with Crippen LogP contribution in [0.25, 0.3) is 0 Å². The summed E-state index contributed by atoms with van der Waals surface area (Å²) in [5.41, 5.74) is 1.30. The summed E-state index contributed by atoms with van der Waals surface area (Å²) in [4.78, 5) is 26.7. The van der Waals surface area contributed by atoms with Gasteiger partial charge in [0.2, 0.25) is 0 Å². The first-order valence-corrected chi connectivity index (χ1v) is 8.88. The molecule has 1 atom stereocenters. The van der Waals surface area contributed by atoms with Crippen molar-refractivity contribution in [1.82, 2.24) is 4.90 Å². The molecule has 1 heterocycles. The predicted molar refractivity (Wildman–Crippen MR) is 99.9 cm³/mol. The molecule has 6 heteroatoms. The van der Waals surface area contributed by atoms with Crippen molar-refractivity contribution in [3.8, 4) is 0 Å².